The minimum atomic E-state index is -1.99. The van der Waals surface area contributed by atoms with Gasteiger partial charge in [0.2, 0.25) is 0 Å². The average Bonchev–Trinajstić information content (AvgIpc) is 3.10. The van der Waals surface area contributed by atoms with Gasteiger partial charge < -0.3 is 23.6 Å². The second-order valence-corrected chi connectivity index (χ2v) is 16.9. The number of nitrogens with zero attached hydrogens (tertiary/aromatic N) is 3. The Kier molecular flexibility index (Phi) is 7.19. The predicted molar refractivity (Wildman–Crippen MR) is 133 cm³/mol. The van der Waals surface area contributed by atoms with E-state index >= 15 is 0 Å². The molecule has 2 aromatic rings. The minimum absolute atomic E-state index is 0.0738. The van der Waals surface area contributed by atoms with Crippen molar-refractivity contribution >= 4 is 53.5 Å². The number of aliphatic hydroxyl groups is 1. The molecule has 2 aromatic heterocycles. The molecule has 3 heterocycles. The lowest BCUT2D eigenvalue weighted by molar-refractivity contribution is -0.118. The molecule has 2 unspecified atom stereocenters. The van der Waals surface area contributed by atoms with Crippen LogP contribution in [-0.4, -0.2) is 58.5 Å². The van der Waals surface area contributed by atoms with E-state index < -0.39 is 38.5 Å². The van der Waals surface area contributed by atoms with E-state index in [1.165, 1.54) is 6.33 Å². The zero-order chi connectivity index (χ0) is 23.4. The molecular formula is C21H33ClIN3O4Si. The van der Waals surface area contributed by atoms with Crippen LogP contribution in [0, 0.1) is 3.57 Å². The van der Waals surface area contributed by atoms with Gasteiger partial charge in [0.05, 0.1) is 17.6 Å². The fourth-order valence-corrected chi connectivity index (χ4v) is 5.54. The third kappa shape index (κ3) is 5.28. The van der Waals surface area contributed by atoms with Crippen LogP contribution in [-0.2, 0) is 13.9 Å². The summed E-state index contributed by atoms with van der Waals surface area (Å²) in [7, 11) is -1.99. The van der Waals surface area contributed by atoms with Crippen LogP contribution in [0.15, 0.2) is 12.5 Å². The standard InChI is InChI=1S/C21H33ClIN3O4Si/c1-20(2,3)30-16-13(10-28-31(7,8)21(4,5)6)29-19(15(16)27)26-9-12(23)14-17(22)24-11-25-18(14)26/h9,11,13,15-16,19,27H,10H2,1-8H3/t13?,15-,16-,19?/m1/s1. The Hall–Kier alpha value is -0.303. The highest BCUT2D eigenvalue weighted by atomic mass is 127. The van der Waals surface area contributed by atoms with Gasteiger partial charge in [-0.05, 0) is 61.5 Å². The van der Waals surface area contributed by atoms with Crippen LogP contribution in [0.3, 0.4) is 0 Å². The molecule has 10 heteroatoms. The Morgan fingerprint density at radius 2 is 1.87 bits per heavy atom. The molecule has 0 aliphatic carbocycles. The average molecular weight is 582 g/mol. The lowest BCUT2D eigenvalue weighted by Gasteiger charge is -2.37. The molecule has 1 aliphatic rings. The summed E-state index contributed by atoms with van der Waals surface area (Å²) < 4.78 is 21.8. The Morgan fingerprint density at radius 3 is 2.45 bits per heavy atom. The van der Waals surface area contributed by atoms with Gasteiger partial charge in [-0.25, -0.2) is 9.97 Å². The summed E-state index contributed by atoms with van der Waals surface area (Å²) in [6, 6.07) is 0. The van der Waals surface area contributed by atoms with Crippen molar-refractivity contribution in [1.82, 2.24) is 14.5 Å². The number of aromatic nitrogens is 3. The first-order valence-corrected chi connectivity index (χ1v) is 14.8. The van der Waals surface area contributed by atoms with Gasteiger partial charge in [-0.2, -0.15) is 0 Å². The van der Waals surface area contributed by atoms with Gasteiger partial charge in [-0.1, -0.05) is 32.4 Å². The summed E-state index contributed by atoms with van der Waals surface area (Å²) in [5, 5.41) is 12.5. The van der Waals surface area contributed by atoms with Crippen LogP contribution in [0.2, 0.25) is 23.3 Å². The molecule has 174 valence electrons. The van der Waals surface area contributed by atoms with Crippen LogP contribution in [0.25, 0.3) is 11.0 Å². The van der Waals surface area contributed by atoms with Crippen molar-refractivity contribution in [3.05, 3.63) is 21.2 Å². The van der Waals surface area contributed by atoms with E-state index in [1.54, 1.807) is 0 Å². The van der Waals surface area contributed by atoms with Crippen molar-refractivity contribution in [3.8, 4) is 0 Å². The second kappa shape index (κ2) is 8.81. The summed E-state index contributed by atoms with van der Waals surface area (Å²) in [4.78, 5) is 8.47. The van der Waals surface area contributed by atoms with Crippen molar-refractivity contribution in [2.24, 2.45) is 0 Å². The lowest BCUT2D eigenvalue weighted by Crippen LogP contribution is -2.46. The lowest BCUT2D eigenvalue weighted by atomic mass is 10.1. The summed E-state index contributed by atoms with van der Waals surface area (Å²) in [6.07, 6.45) is 0.776. The molecule has 31 heavy (non-hydrogen) atoms. The predicted octanol–water partition coefficient (Wildman–Crippen LogP) is 5.15. The molecule has 1 N–H and O–H groups in total. The van der Waals surface area contributed by atoms with E-state index in [1.807, 2.05) is 31.5 Å². The van der Waals surface area contributed by atoms with Gasteiger partial charge in [0.1, 0.15) is 35.4 Å². The Bertz CT molecular complexity index is 941. The molecule has 3 rings (SSSR count). The zero-order valence-corrected chi connectivity index (χ0v) is 23.4. The summed E-state index contributed by atoms with van der Waals surface area (Å²) in [5.41, 5.74) is 0.173. The number of hydrogen-bond acceptors (Lipinski definition) is 6. The number of aliphatic hydroxyl groups excluding tert-OH is 1. The Balaban J connectivity index is 1.93. The maximum absolute atomic E-state index is 11.3. The van der Waals surface area contributed by atoms with Gasteiger partial charge in [0.25, 0.3) is 0 Å². The van der Waals surface area contributed by atoms with E-state index in [9.17, 15) is 5.11 Å². The SMILES string of the molecule is CC(C)(C)O[C@@H]1C(CO[Si](C)(C)C(C)(C)C)OC(n2cc(I)c3c(Cl)ncnc32)[C@@H]1O. The first-order valence-electron chi connectivity index (χ1n) is 10.4. The van der Waals surface area contributed by atoms with Crippen molar-refractivity contribution < 1.29 is 19.0 Å². The fraction of sp³-hybridized carbons (Fsp3) is 0.714. The highest BCUT2D eigenvalue weighted by Gasteiger charge is 2.49. The summed E-state index contributed by atoms with van der Waals surface area (Å²) >= 11 is 8.49. The molecule has 0 bridgehead atoms. The quantitative estimate of drug-likeness (QED) is 0.299. The number of rotatable bonds is 5. The van der Waals surface area contributed by atoms with Crippen molar-refractivity contribution in [2.45, 2.75) is 89.8 Å². The molecule has 0 amide bonds. The minimum Gasteiger partial charge on any atom is -0.414 e. The topological polar surface area (TPSA) is 78.6 Å². The normalized spacial score (nSPS) is 25.5. The monoisotopic (exact) mass is 581 g/mol. The van der Waals surface area contributed by atoms with Crippen LogP contribution < -0.4 is 0 Å². The van der Waals surface area contributed by atoms with Gasteiger partial charge >= 0.3 is 0 Å². The molecule has 0 spiro atoms. The van der Waals surface area contributed by atoms with E-state index in [-0.39, 0.29) is 5.04 Å². The van der Waals surface area contributed by atoms with Crippen molar-refractivity contribution in [1.29, 1.82) is 0 Å². The maximum Gasteiger partial charge on any atom is 0.192 e. The number of fused-ring (bicyclic) bond motifs is 1. The molecule has 0 radical (unpaired) electrons. The molecule has 0 aromatic carbocycles. The first kappa shape index (κ1) is 25.3. The summed E-state index contributed by atoms with van der Waals surface area (Å²) in [5.74, 6) is 0. The molecular weight excluding hydrogens is 549 g/mol. The van der Waals surface area contributed by atoms with Gasteiger partial charge in [0.15, 0.2) is 14.5 Å². The van der Waals surface area contributed by atoms with Gasteiger partial charge in [-0.15, -0.1) is 0 Å². The summed E-state index contributed by atoms with van der Waals surface area (Å²) in [6.45, 7) is 17.3. The largest absolute Gasteiger partial charge is 0.414 e. The number of ether oxygens (including phenoxy) is 2. The molecule has 1 aliphatic heterocycles. The van der Waals surface area contributed by atoms with E-state index in [0.717, 1.165) is 8.96 Å². The second-order valence-electron chi connectivity index (χ2n) is 10.6. The van der Waals surface area contributed by atoms with E-state index in [0.29, 0.717) is 17.4 Å². The molecule has 0 saturated carbocycles. The van der Waals surface area contributed by atoms with E-state index in [2.05, 4.69) is 66.4 Å². The molecule has 1 saturated heterocycles. The fourth-order valence-electron chi connectivity index (χ4n) is 3.34. The first-order chi connectivity index (χ1) is 14.1. The van der Waals surface area contributed by atoms with Gasteiger partial charge in [-0.3, -0.25) is 0 Å². The molecule has 7 nitrogen and oxygen atoms in total. The van der Waals surface area contributed by atoms with Crippen LogP contribution >= 0.6 is 34.2 Å². The number of halogens is 2. The molecule has 4 atom stereocenters. The molecule has 1 fully saturated rings. The maximum atomic E-state index is 11.3. The third-order valence-corrected chi connectivity index (χ3v) is 11.6. The van der Waals surface area contributed by atoms with Crippen molar-refractivity contribution in [3.63, 3.8) is 0 Å². The van der Waals surface area contributed by atoms with Crippen LogP contribution in [0.4, 0.5) is 0 Å². The van der Waals surface area contributed by atoms with Gasteiger partial charge in [0, 0.05) is 9.77 Å². The Morgan fingerprint density at radius 1 is 1.23 bits per heavy atom. The highest BCUT2D eigenvalue weighted by Crippen LogP contribution is 2.40. The zero-order valence-electron chi connectivity index (χ0n) is 19.4. The smallest absolute Gasteiger partial charge is 0.192 e. The van der Waals surface area contributed by atoms with Crippen LogP contribution in [0.1, 0.15) is 47.8 Å². The van der Waals surface area contributed by atoms with Crippen LogP contribution in [0.5, 0.6) is 0 Å². The van der Waals surface area contributed by atoms with Crippen molar-refractivity contribution in [2.75, 3.05) is 6.61 Å². The third-order valence-electron chi connectivity index (χ3n) is 6.00. The highest BCUT2D eigenvalue weighted by molar-refractivity contribution is 14.1. The number of hydrogen-bond donors (Lipinski definition) is 1. The van der Waals surface area contributed by atoms with E-state index in [4.69, 9.17) is 25.5 Å². The Labute approximate surface area is 204 Å².